The van der Waals surface area contributed by atoms with Crippen LogP contribution in [0.2, 0.25) is 0 Å². The van der Waals surface area contributed by atoms with Gasteiger partial charge in [0.1, 0.15) is 13.2 Å². The Bertz CT molecular complexity index is 744. The van der Waals surface area contributed by atoms with E-state index in [1.165, 1.54) is 4.90 Å². The maximum atomic E-state index is 12.6. The maximum Gasteiger partial charge on any atom is 0.338 e. The number of nitrogens with one attached hydrogen (secondary N) is 1. The van der Waals surface area contributed by atoms with Gasteiger partial charge in [0.15, 0.2) is 0 Å². The fraction of sp³-hybridized carbons (Fsp3) is 0.421. The van der Waals surface area contributed by atoms with Crippen LogP contribution in [0.1, 0.15) is 31.4 Å². The summed E-state index contributed by atoms with van der Waals surface area (Å²) in [6.45, 7) is 2.59. The van der Waals surface area contributed by atoms with Crippen molar-refractivity contribution in [2.75, 3.05) is 26.7 Å². The number of rotatable bonds is 6. The highest BCUT2D eigenvalue weighted by atomic mass is 16.5. The number of hydrogen-bond donors (Lipinski definition) is 1. The first-order valence-corrected chi connectivity index (χ1v) is 8.80. The van der Waals surface area contributed by atoms with Crippen molar-refractivity contribution in [2.24, 2.45) is 0 Å². The molecule has 26 heavy (non-hydrogen) atoms. The number of nitrogens with zero attached hydrogens (tertiary/aromatic N) is 2. The quantitative estimate of drug-likeness (QED) is 0.788. The number of carbonyl (C=O) groups is 3. The van der Waals surface area contributed by atoms with Crippen LogP contribution in [-0.2, 0) is 14.3 Å². The number of hydrogen-bond acceptors (Lipinski definition) is 4. The number of cyclic esters (lactones) is 1. The summed E-state index contributed by atoms with van der Waals surface area (Å²) in [5, 5.41) is 2.83. The number of likely N-dealkylation sites (N-methyl/N-ethyl adjacent to an activating group) is 1. The molecule has 1 aromatic carbocycles. The van der Waals surface area contributed by atoms with Crippen LogP contribution in [0.3, 0.4) is 0 Å². The van der Waals surface area contributed by atoms with Gasteiger partial charge in [-0.2, -0.15) is 0 Å². The van der Waals surface area contributed by atoms with E-state index in [-0.39, 0.29) is 19.1 Å². The fourth-order valence-electron chi connectivity index (χ4n) is 3.15. The highest BCUT2D eigenvalue weighted by molar-refractivity contribution is 5.98. The van der Waals surface area contributed by atoms with Crippen molar-refractivity contribution in [2.45, 2.75) is 25.8 Å². The molecule has 138 valence electrons. The molecule has 7 heteroatoms. The second-order valence-electron chi connectivity index (χ2n) is 6.48. The molecule has 0 saturated carbocycles. The molecule has 0 aromatic heterocycles. The molecule has 2 heterocycles. The van der Waals surface area contributed by atoms with Gasteiger partial charge in [0.25, 0.3) is 0 Å². The van der Waals surface area contributed by atoms with Crippen molar-refractivity contribution in [3.8, 4) is 0 Å². The van der Waals surface area contributed by atoms with E-state index in [0.29, 0.717) is 17.8 Å². The van der Waals surface area contributed by atoms with Crippen LogP contribution in [0.5, 0.6) is 0 Å². The minimum atomic E-state index is -0.558. The number of benzene rings is 1. The van der Waals surface area contributed by atoms with E-state index in [4.69, 9.17) is 4.74 Å². The molecule has 3 rings (SSSR count). The Labute approximate surface area is 152 Å². The van der Waals surface area contributed by atoms with Gasteiger partial charge in [-0.3, -0.25) is 9.69 Å². The number of urea groups is 1. The highest BCUT2D eigenvalue weighted by Gasteiger charge is 2.42. The van der Waals surface area contributed by atoms with Crippen LogP contribution in [0.25, 0.3) is 0 Å². The lowest BCUT2D eigenvalue weighted by molar-refractivity contribution is -0.136. The summed E-state index contributed by atoms with van der Waals surface area (Å²) in [5.41, 5.74) is 1.68. The second-order valence-corrected chi connectivity index (χ2v) is 6.48. The molecule has 1 aromatic rings. The van der Waals surface area contributed by atoms with Crippen LogP contribution in [-0.4, -0.2) is 54.5 Å². The summed E-state index contributed by atoms with van der Waals surface area (Å²) < 4.78 is 5.17. The SMILES string of the molecule is CCCCN(C)C(=O)CN1C(=O)N[C@@H](c2ccccc2)C2=C1COC2=O. The van der Waals surface area contributed by atoms with Gasteiger partial charge in [0, 0.05) is 13.6 Å². The first-order valence-electron chi connectivity index (χ1n) is 8.80. The lowest BCUT2D eigenvalue weighted by Gasteiger charge is -2.33. The second kappa shape index (κ2) is 7.59. The minimum Gasteiger partial charge on any atom is -0.456 e. The van der Waals surface area contributed by atoms with Gasteiger partial charge in [-0.05, 0) is 12.0 Å². The summed E-state index contributed by atoms with van der Waals surface area (Å²) in [4.78, 5) is 40.3. The summed E-state index contributed by atoms with van der Waals surface area (Å²) >= 11 is 0. The van der Waals surface area contributed by atoms with E-state index in [9.17, 15) is 14.4 Å². The molecule has 0 saturated heterocycles. The highest BCUT2D eigenvalue weighted by Crippen LogP contribution is 2.34. The Morgan fingerprint density at radius 2 is 2.04 bits per heavy atom. The van der Waals surface area contributed by atoms with Crippen molar-refractivity contribution in [1.29, 1.82) is 0 Å². The third-order valence-corrected chi connectivity index (χ3v) is 4.70. The van der Waals surface area contributed by atoms with Gasteiger partial charge in [-0.15, -0.1) is 0 Å². The topological polar surface area (TPSA) is 79.0 Å². The maximum absolute atomic E-state index is 12.6. The number of ether oxygens (including phenoxy) is 1. The van der Waals surface area contributed by atoms with Gasteiger partial charge in [0.05, 0.1) is 17.3 Å². The zero-order chi connectivity index (χ0) is 18.7. The summed E-state index contributed by atoms with van der Waals surface area (Å²) in [7, 11) is 1.72. The standard InChI is InChI=1S/C19H23N3O4/c1-3-4-10-21(2)15(23)11-22-14-12-26-18(24)16(14)17(20-19(22)25)13-8-6-5-7-9-13/h5-9,17H,3-4,10-12H2,1-2H3,(H,20,25)/t17-/m0/s1. The van der Waals surface area contributed by atoms with Crippen LogP contribution >= 0.6 is 0 Å². The van der Waals surface area contributed by atoms with Crippen molar-refractivity contribution >= 4 is 17.9 Å². The zero-order valence-electron chi connectivity index (χ0n) is 15.0. The first-order chi connectivity index (χ1) is 12.5. The minimum absolute atomic E-state index is 0.0108. The van der Waals surface area contributed by atoms with Gasteiger partial charge < -0.3 is 15.0 Å². The van der Waals surface area contributed by atoms with E-state index in [1.807, 2.05) is 30.3 Å². The smallest absolute Gasteiger partial charge is 0.338 e. The van der Waals surface area contributed by atoms with Crippen molar-refractivity contribution in [3.05, 3.63) is 47.2 Å². The molecule has 1 atom stereocenters. The Morgan fingerprint density at radius 1 is 1.31 bits per heavy atom. The molecule has 3 amide bonds. The van der Waals surface area contributed by atoms with E-state index in [0.717, 1.165) is 18.4 Å². The summed E-state index contributed by atoms with van der Waals surface area (Å²) in [6.07, 6.45) is 1.89. The van der Waals surface area contributed by atoms with Crippen molar-refractivity contribution in [3.63, 3.8) is 0 Å². The molecule has 0 spiro atoms. The number of unbranched alkanes of at least 4 members (excludes halogenated alkanes) is 1. The normalized spacial score (nSPS) is 19.2. The molecule has 0 bridgehead atoms. The molecule has 2 aliphatic rings. The van der Waals surface area contributed by atoms with Gasteiger partial charge in [-0.1, -0.05) is 43.7 Å². The molecule has 0 aliphatic carbocycles. The van der Waals surface area contributed by atoms with Gasteiger partial charge in [-0.25, -0.2) is 9.59 Å². The van der Waals surface area contributed by atoms with Crippen LogP contribution in [0.15, 0.2) is 41.6 Å². The monoisotopic (exact) mass is 357 g/mol. The Kier molecular flexibility index (Phi) is 5.25. The van der Waals surface area contributed by atoms with E-state index < -0.39 is 18.0 Å². The predicted octanol–water partition coefficient (Wildman–Crippen LogP) is 1.82. The molecular weight excluding hydrogens is 334 g/mol. The van der Waals surface area contributed by atoms with E-state index >= 15 is 0 Å². The molecular formula is C19H23N3O4. The molecule has 0 unspecified atom stereocenters. The Balaban J connectivity index is 1.85. The third-order valence-electron chi connectivity index (χ3n) is 4.70. The number of carbonyl (C=O) groups excluding carboxylic acids is 3. The fourth-order valence-corrected chi connectivity index (χ4v) is 3.15. The molecule has 0 fully saturated rings. The third kappa shape index (κ3) is 3.42. The summed E-state index contributed by atoms with van der Waals surface area (Å²) in [6, 6.07) is 8.31. The van der Waals surface area contributed by atoms with Crippen LogP contribution in [0, 0.1) is 0 Å². The number of esters is 1. The molecule has 1 N–H and O–H groups in total. The van der Waals surface area contributed by atoms with Crippen molar-refractivity contribution < 1.29 is 19.1 Å². The van der Waals surface area contributed by atoms with Crippen molar-refractivity contribution in [1.82, 2.24) is 15.1 Å². The first kappa shape index (κ1) is 18.0. The molecule has 0 radical (unpaired) electrons. The lowest BCUT2D eigenvalue weighted by Crippen LogP contribution is -2.50. The van der Waals surface area contributed by atoms with Gasteiger partial charge in [0.2, 0.25) is 5.91 Å². The molecule has 7 nitrogen and oxygen atoms in total. The Hall–Kier alpha value is -2.83. The van der Waals surface area contributed by atoms with E-state index in [2.05, 4.69) is 12.2 Å². The largest absolute Gasteiger partial charge is 0.456 e. The van der Waals surface area contributed by atoms with Gasteiger partial charge >= 0.3 is 12.0 Å². The Morgan fingerprint density at radius 3 is 2.73 bits per heavy atom. The van der Waals surface area contributed by atoms with E-state index in [1.54, 1.807) is 11.9 Å². The predicted molar refractivity (Wildman–Crippen MR) is 95.0 cm³/mol. The lowest BCUT2D eigenvalue weighted by atomic mass is 9.96. The summed E-state index contributed by atoms with van der Waals surface area (Å²) in [5.74, 6) is -0.622. The average molecular weight is 357 g/mol. The zero-order valence-corrected chi connectivity index (χ0v) is 15.0. The average Bonchev–Trinajstić information content (AvgIpc) is 3.04. The number of amides is 3. The molecule has 2 aliphatic heterocycles. The van der Waals surface area contributed by atoms with Crippen LogP contribution < -0.4 is 5.32 Å². The van der Waals surface area contributed by atoms with Crippen LogP contribution in [0.4, 0.5) is 4.79 Å².